The molecular weight excluding hydrogens is 229 g/mol. The van der Waals surface area contributed by atoms with Gasteiger partial charge in [-0.1, -0.05) is 0 Å². The van der Waals surface area contributed by atoms with Gasteiger partial charge < -0.3 is 4.90 Å². The van der Waals surface area contributed by atoms with Crippen molar-refractivity contribution >= 4 is 5.69 Å². The van der Waals surface area contributed by atoms with Crippen molar-refractivity contribution in [1.82, 2.24) is 4.98 Å². The number of halogens is 3. The molecule has 0 spiro atoms. The van der Waals surface area contributed by atoms with Gasteiger partial charge >= 0.3 is 6.18 Å². The number of anilines is 1. The van der Waals surface area contributed by atoms with E-state index < -0.39 is 12.1 Å². The zero-order valence-corrected chi connectivity index (χ0v) is 9.67. The van der Waals surface area contributed by atoms with Gasteiger partial charge in [0, 0.05) is 30.7 Å². The van der Waals surface area contributed by atoms with Crippen LogP contribution in [0.25, 0.3) is 0 Å². The normalized spacial score (nSPS) is 18.5. The van der Waals surface area contributed by atoms with Crippen LogP contribution < -0.4 is 4.90 Å². The van der Waals surface area contributed by atoms with E-state index in [9.17, 15) is 13.2 Å². The number of piperidine rings is 1. The summed E-state index contributed by atoms with van der Waals surface area (Å²) in [5.41, 5.74) is 1.86. The van der Waals surface area contributed by atoms with Crippen LogP contribution in [0.1, 0.15) is 18.5 Å². The van der Waals surface area contributed by atoms with Gasteiger partial charge in [-0.15, -0.1) is 0 Å². The Kier molecular flexibility index (Phi) is 3.26. The molecule has 2 nitrogen and oxygen atoms in total. The van der Waals surface area contributed by atoms with Gasteiger partial charge in [-0.05, 0) is 31.9 Å². The number of hydrogen-bond donors (Lipinski definition) is 0. The molecule has 0 atom stereocenters. The summed E-state index contributed by atoms with van der Waals surface area (Å²) < 4.78 is 37.5. The smallest absolute Gasteiger partial charge is 0.371 e. The second-order valence-corrected chi connectivity index (χ2v) is 4.46. The Hall–Kier alpha value is -1.26. The SMILES string of the molecule is Cc1cc(N2CCC(C(F)(F)F)CC2)ccn1. The molecule has 0 radical (unpaired) electrons. The molecule has 5 heteroatoms. The second-order valence-electron chi connectivity index (χ2n) is 4.46. The van der Waals surface area contributed by atoms with Crippen LogP contribution in [0.3, 0.4) is 0 Å². The first-order valence-corrected chi connectivity index (χ1v) is 5.71. The van der Waals surface area contributed by atoms with Crippen LogP contribution in [-0.4, -0.2) is 24.2 Å². The molecule has 0 N–H and O–H groups in total. The zero-order chi connectivity index (χ0) is 12.5. The summed E-state index contributed by atoms with van der Waals surface area (Å²) in [4.78, 5) is 6.08. The summed E-state index contributed by atoms with van der Waals surface area (Å²) in [6.45, 7) is 2.81. The lowest BCUT2D eigenvalue weighted by molar-refractivity contribution is -0.179. The fourth-order valence-corrected chi connectivity index (χ4v) is 2.19. The van der Waals surface area contributed by atoms with Crippen LogP contribution in [0.2, 0.25) is 0 Å². The lowest BCUT2D eigenvalue weighted by Crippen LogP contribution is -2.39. The fourth-order valence-electron chi connectivity index (χ4n) is 2.19. The molecule has 1 fully saturated rings. The Morgan fingerprint density at radius 2 is 1.94 bits per heavy atom. The van der Waals surface area contributed by atoms with Crippen molar-refractivity contribution in [2.45, 2.75) is 25.9 Å². The minimum absolute atomic E-state index is 0.185. The van der Waals surface area contributed by atoms with Crippen LogP contribution >= 0.6 is 0 Å². The van der Waals surface area contributed by atoms with E-state index in [-0.39, 0.29) is 12.8 Å². The molecule has 1 aliphatic heterocycles. The first-order valence-electron chi connectivity index (χ1n) is 5.71. The van der Waals surface area contributed by atoms with Crippen molar-refractivity contribution in [2.24, 2.45) is 5.92 Å². The minimum Gasteiger partial charge on any atom is -0.371 e. The van der Waals surface area contributed by atoms with E-state index >= 15 is 0 Å². The van der Waals surface area contributed by atoms with Gasteiger partial charge in [-0.2, -0.15) is 13.2 Å². The number of aryl methyl sites for hydroxylation is 1. The van der Waals surface area contributed by atoms with E-state index in [4.69, 9.17) is 0 Å². The standard InChI is InChI=1S/C12H15F3N2/c1-9-8-11(2-5-16-9)17-6-3-10(4-7-17)12(13,14)15/h2,5,8,10H,3-4,6-7H2,1H3. The molecule has 1 aliphatic rings. The van der Waals surface area contributed by atoms with Crippen molar-refractivity contribution in [1.29, 1.82) is 0 Å². The number of alkyl halides is 3. The molecule has 0 aromatic carbocycles. The van der Waals surface area contributed by atoms with Gasteiger partial charge in [0.15, 0.2) is 0 Å². The topological polar surface area (TPSA) is 16.1 Å². The quantitative estimate of drug-likeness (QED) is 0.754. The number of rotatable bonds is 1. The Morgan fingerprint density at radius 1 is 1.29 bits per heavy atom. The monoisotopic (exact) mass is 244 g/mol. The van der Waals surface area contributed by atoms with Crippen LogP contribution in [0.4, 0.5) is 18.9 Å². The molecule has 1 aromatic heterocycles. The predicted octanol–water partition coefficient (Wildman–Crippen LogP) is 3.17. The van der Waals surface area contributed by atoms with Gasteiger partial charge in [0.05, 0.1) is 5.92 Å². The van der Waals surface area contributed by atoms with Gasteiger partial charge in [-0.25, -0.2) is 0 Å². The molecule has 0 bridgehead atoms. The summed E-state index contributed by atoms with van der Waals surface area (Å²) in [5.74, 6) is -1.14. The van der Waals surface area contributed by atoms with E-state index in [1.807, 2.05) is 24.0 Å². The van der Waals surface area contributed by atoms with Crippen LogP contribution in [-0.2, 0) is 0 Å². The maximum absolute atomic E-state index is 12.5. The third-order valence-corrected chi connectivity index (χ3v) is 3.20. The Bertz CT molecular complexity index is 382. The summed E-state index contributed by atoms with van der Waals surface area (Å²) in [6, 6.07) is 3.76. The summed E-state index contributed by atoms with van der Waals surface area (Å²) in [6.07, 6.45) is -1.98. The van der Waals surface area contributed by atoms with Gasteiger partial charge in [-0.3, -0.25) is 4.98 Å². The highest BCUT2D eigenvalue weighted by atomic mass is 19.4. The molecule has 94 valence electrons. The number of pyridine rings is 1. The third-order valence-electron chi connectivity index (χ3n) is 3.20. The van der Waals surface area contributed by atoms with Crippen LogP contribution in [0.5, 0.6) is 0 Å². The molecule has 0 saturated carbocycles. The Balaban J connectivity index is 2.00. The number of aromatic nitrogens is 1. The third kappa shape index (κ3) is 2.90. The molecule has 0 aliphatic carbocycles. The highest BCUT2D eigenvalue weighted by molar-refractivity contribution is 5.46. The molecule has 0 unspecified atom stereocenters. The molecule has 2 heterocycles. The van der Waals surface area contributed by atoms with Gasteiger partial charge in [0.1, 0.15) is 0 Å². The van der Waals surface area contributed by atoms with E-state index in [0.29, 0.717) is 13.1 Å². The van der Waals surface area contributed by atoms with E-state index in [0.717, 1.165) is 11.4 Å². The average molecular weight is 244 g/mol. The van der Waals surface area contributed by atoms with E-state index in [1.165, 1.54) is 0 Å². The zero-order valence-electron chi connectivity index (χ0n) is 9.67. The van der Waals surface area contributed by atoms with Crippen molar-refractivity contribution in [3.8, 4) is 0 Å². The van der Waals surface area contributed by atoms with Gasteiger partial charge in [0.2, 0.25) is 0 Å². The van der Waals surface area contributed by atoms with Gasteiger partial charge in [0.25, 0.3) is 0 Å². The lowest BCUT2D eigenvalue weighted by atomic mass is 9.96. The van der Waals surface area contributed by atoms with Crippen molar-refractivity contribution < 1.29 is 13.2 Å². The maximum atomic E-state index is 12.5. The highest BCUT2D eigenvalue weighted by Gasteiger charge is 2.41. The predicted molar refractivity (Wildman–Crippen MR) is 60.0 cm³/mol. The first kappa shape index (κ1) is 12.2. The molecule has 17 heavy (non-hydrogen) atoms. The Labute approximate surface area is 98.5 Å². The van der Waals surface area contributed by atoms with E-state index in [1.54, 1.807) is 6.20 Å². The lowest BCUT2D eigenvalue weighted by Gasteiger charge is -2.34. The largest absolute Gasteiger partial charge is 0.391 e. The Morgan fingerprint density at radius 3 is 2.47 bits per heavy atom. The molecule has 0 amide bonds. The first-order chi connectivity index (χ1) is 7.97. The molecule has 2 rings (SSSR count). The molecule has 1 aromatic rings. The fraction of sp³-hybridized carbons (Fsp3) is 0.583. The van der Waals surface area contributed by atoms with Crippen molar-refractivity contribution in [3.05, 3.63) is 24.0 Å². The molecular formula is C12H15F3N2. The number of nitrogens with zero attached hydrogens (tertiary/aromatic N) is 2. The molecule has 1 saturated heterocycles. The minimum atomic E-state index is -4.04. The van der Waals surface area contributed by atoms with Crippen molar-refractivity contribution in [2.75, 3.05) is 18.0 Å². The summed E-state index contributed by atoms with van der Waals surface area (Å²) >= 11 is 0. The number of hydrogen-bond acceptors (Lipinski definition) is 2. The average Bonchev–Trinajstić information content (AvgIpc) is 2.28. The summed E-state index contributed by atoms with van der Waals surface area (Å²) in [7, 11) is 0. The van der Waals surface area contributed by atoms with Crippen molar-refractivity contribution in [3.63, 3.8) is 0 Å². The second kappa shape index (κ2) is 4.55. The summed E-state index contributed by atoms with van der Waals surface area (Å²) in [5, 5.41) is 0. The highest BCUT2D eigenvalue weighted by Crippen LogP contribution is 2.35. The van der Waals surface area contributed by atoms with Crippen LogP contribution in [0, 0.1) is 12.8 Å². The maximum Gasteiger partial charge on any atom is 0.391 e. The van der Waals surface area contributed by atoms with E-state index in [2.05, 4.69) is 4.98 Å². The van der Waals surface area contributed by atoms with Crippen LogP contribution in [0.15, 0.2) is 18.3 Å².